The molecule has 2 aromatic rings. The first-order valence-corrected chi connectivity index (χ1v) is 11.1. The Morgan fingerprint density at radius 1 is 1.33 bits per heavy atom. The number of hydrogen-bond acceptors (Lipinski definition) is 7. The number of nitrogens with two attached hydrogens (primary N) is 1. The number of amides is 1. The molecule has 2 fully saturated rings. The van der Waals surface area contributed by atoms with Crippen molar-refractivity contribution in [3.63, 3.8) is 0 Å². The van der Waals surface area contributed by atoms with Gasteiger partial charge >= 0.3 is 6.61 Å². The zero-order valence-corrected chi connectivity index (χ0v) is 18.2. The van der Waals surface area contributed by atoms with Crippen LogP contribution in [-0.4, -0.2) is 39.4 Å². The highest BCUT2D eigenvalue weighted by molar-refractivity contribution is 5.98. The second-order valence-corrected chi connectivity index (χ2v) is 8.73. The van der Waals surface area contributed by atoms with Crippen molar-refractivity contribution in [2.45, 2.75) is 63.8 Å². The summed E-state index contributed by atoms with van der Waals surface area (Å²) in [5, 5.41) is 20.9. The zero-order valence-electron chi connectivity index (χ0n) is 18.2. The van der Waals surface area contributed by atoms with E-state index in [1.54, 1.807) is 10.9 Å². The minimum absolute atomic E-state index is 0.169. The van der Waals surface area contributed by atoms with E-state index in [2.05, 4.69) is 38.4 Å². The SMILES string of the molecule is C[C@H](NC1CCC(n2cc(C(N)=O)c(Nc3ccc(OC(F)F)nc3)n2)C(C#N)C1)C1CC1. The van der Waals surface area contributed by atoms with Gasteiger partial charge in [0, 0.05) is 24.3 Å². The molecule has 0 aliphatic heterocycles. The number of anilines is 2. The third kappa shape index (κ3) is 5.57. The number of carbonyl (C=O) groups is 1. The number of alkyl halides is 2. The van der Waals surface area contributed by atoms with Crippen molar-refractivity contribution < 1.29 is 18.3 Å². The predicted molar refractivity (Wildman–Crippen MR) is 116 cm³/mol. The highest BCUT2D eigenvalue weighted by atomic mass is 19.3. The lowest BCUT2D eigenvalue weighted by molar-refractivity contribution is -0.0528. The zero-order chi connectivity index (χ0) is 23.5. The van der Waals surface area contributed by atoms with E-state index in [0.29, 0.717) is 18.2 Å². The molecule has 0 bridgehead atoms. The number of rotatable bonds is 9. The fourth-order valence-electron chi connectivity index (χ4n) is 4.45. The van der Waals surface area contributed by atoms with Crippen molar-refractivity contribution in [2.75, 3.05) is 5.32 Å². The number of hydrogen-bond donors (Lipinski definition) is 3. The van der Waals surface area contributed by atoms with E-state index in [-0.39, 0.29) is 35.3 Å². The fourth-order valence-corrected chi connectivity index (χ4v) is 4.45. The molecular weight excluding hydrogens is 432 g/mol. The minimum Gasteiger partial charge on any atom is -0.417 e. The van der Waals surface area contributed by atoms with Crippen LogP contribution in [0.15, 0.2) is 24.5 Å². The molecule has 2 saturated carbocycles. The average Bonchev–Trinajstić information content (AvgIpc) is 3.55. The van der Waals surface area contributed by atoms with Crippen LogP contribution in [0, 0.1) is 23.2 Å². The molecule has 0 aromatic carbocycles. The van der Waals surface area contributed by atoms with E-state index < -0.39 is 12.5 Å². The molecule has 3 unspecified atom stereocenters. The van der Waals surface area contributed by atoms with Gasteiger partial charge in [-0.25, -0.2) is 4.98 Å². The summed E-state index contributed by atoms with van der Waals surface area (Å²) < 4.78 is 30.5. The molecular formula is C22H27F2N7O2. The Kier molecular flexibility index (Phi) is 6.74. The molecule has 4 N–H and O–H groups in total. The summed E-state index contributed by atoms with van der Waals surface area (Å²) >= 11 is 0. The molecule has 33 heavy (non-hydrogen) atoms. The fraction of sp³-hybridized carbons (Fsp3) is 0.545. The van der Waals surface area contributed by atoms with E-state index in [0.717, 1.165) is 18.8 Å². The van der Waals surface area contributed by atoms with Crippen LogP contribution in [0.25, 0.3) is 0 Å². The minimum atomic E-state index is -2.97. The first kappa shape index (κ1) is 22.9. The molecule has 2 aromatic heterocycles. The Balaban J connectivity index is 1.47. The van der Waals surface area contributed by atoms with Crippen LogP contribution in [0.2, 0.25) is 0 Å². The smallest absolute Gasteiger partial charge is 0.388 e. The Morgan fingerprint density at radius 3 is 2.73 bits per heavy atom. The number of aromatic nitrogens is 3. The summed E-state index contributed by atoms with van der Waals surface area (Å²) in [6, 6.07) is 5.72. The van der Waals surface area contributed by atoms with Crippen LogP contribution in [0.4, 0.5) is 20.3 Å². The van der Waals surface area contributed by atoms with Crippen LogP contribution in [0.3, 0.4) is 0 Å². The topological polar surface area (TPSA) is 131 Å². The van der Waals surface area contributed by atoms with Crippen molar-refractivity contribution in [3.05, 3.63) is 30.1 Å². The molecule has 176 valence electrons. The summed E-state index contributed by atoms with van der Waals surface area (Å²) in [6.07, 6.45) is 7.74. The third-order valence-corrected chi connectivity index (χ3v) is 6.35. The summed E-state index contributed by atoms with van der Waals surface area (Å²) in [7, 11) is 0. The van der Waals surface area contributed by atoms with E-state index in [1.165, 1.54) is 31.2 Å². The molecule has 0 spiro atoms. The van der Waals surface area contributed by atoms with Gasteiger partial charge in [0.2, 0.25) is 5.88 Å². The molecule has 4 rings (SSSR count). The highest BCUT2D eigenvalue weighted by Gasteiger charge is 2.36. The molecule has 2 aliphatic carbocycles. The van der Waals surface area contributed by atoms with Crippen LogP contribution in [0.1, 0.15) is 55.4 Å². The average molecular weight is 460 g/mol. The Bertz CT molecular complexity index is 1020. The Labute approximate surface area is 190 Å². The third-order valence-electron chi connectivity index (χ3n) is 6.35. The predicted octanol–water partition coefficient (Wildman–Crippen LogP) is 3.34. The van der Waals surface area contributed by atoms with Gasteiger partial charge in [0.25, 0.3) is 5.91 Å². The van der Waals surface area contributed by atoms with Gasteiger partial charge in [0.1, 0.15) is 5.56 Å². The monoisotopic (exact) mass is 459 g/mol. The van der Waals surface area contributed by atoms with Crippen LogP contribution in [0.5, 0.6) is 5.88 Å². The number of nitriles is 1. The molecule has 2 heterocycles. The van der Waals surface area contributed by atoms with E-state index in [1.807, 2.05) is 0 Å². The molecule has 9 nitrogen and oxygen atoms in total. The van der Waals surface area contributed by atoms with Crippen molar-refractivity contribution in [3.8, 4) is 11.9 Å². The quantitative estimate of drug-likeness (QED) is 0.524. The van der Waals surface area contributed by atoms with Gasteiger partial charge in [0.05, 0.1) is 29.9 Å². The first-order chi connectivity index (χ1) is 15.8. The standard InChI is InChI=1S/C22H27F2N7O2/c1-12(13-2-3-13)28-15-4-6-18(14(8-15)9-25)31-11-17(20(26)32)21(30-31)29-16-5-7-19(27-10-16)33-22(23)24/h5,7,10-15,18,22,28H,2-4,6,8H2,1H3,(H2,26,32)(H,29,30)/t12-,14?,15?,18?/m0/s1. The van der Waals surface area contributed by atoms with E-state index in [4.69, 9.17) is 5.73 Å². The van der Waals surface area contributed by atoms with E-state index in [9.17, 15) is 18.8 Å². The Hall–Kier alpha value is -3.26. The van der Waals surface area contributed by atoms with Crippen molar-refractivity contribution in [2.24, 2.45) is 17.6 Å². The lowest BCUT2D eigenvalue weighted by Crippen LogP contribution is -2.43. The van der Waals surface area contributed by atoms with E-state index >= 15 is 0 Å². The van der Waals surface area contributed by atoms with Crippen LogP contribution in [-0.2, 0) is 0 Å². The lowest BCUT2D eigenvalue weighted by atomic mass is 9.82. The first-order valence-electron chi connectivity index (χ1n) is 11.1. The van der Waals surface area contributed by atoms with Gasteiger partial charge < -0.3 is 21.1 Å². The number of halogens is 2. The number of carbonyl (C=O) groups excluding carboxylic acids is 1. The van der Waals surface area contributed by atoms with Gasteiger partial charge in [-0.05, 0) is 51.0 Å². The molecule has 0 saturated heterocycles. The normalized spacial score (nSPS) is 23.7. The maximum atomic E-state index is 12.3. The number of nitrogens with one attached hydrogen (secondary N) is 2. The summed E-state index contributed by atoms with van der Waals surface area (Å²) in [6.45, 7) is -0.764. The van der Waals surface area contributed by atoms with Gasteiger partial charge in [-0.3, -0.25) is 9.48 Å². The van der Waals surface area contributed by atoms with Crippen molar-refractivity contribution >= 4 is 17.4 Å². The van der Waals surface area contributed by atoms with Gasteiger partial charge in [0.15, 0.2) is 5.82 Å². The van der Waals surface area contributed by atoms with Gasteiger partial charge in [-0.1, -0.05) is 0 Å². The molecule has 1 amide bonds. The lowest BCUT2D eigenvalue weighted by Gasteiger charge is -2.34. The van der Waals surface area contributed by atoms with Crippen LogP contribution >= 0.6 is 0 Å². The maximum Gasteiger partial charge on any atom is 0.388 e. The van der Waals surface area contributed by atoms with Gasteiger partial charge in [-0.2, -0.15) is 19.1 Å². The number of ether oxygens (including phenoxy) is 1. The summed E-state index contributed by atoms with van der Waals surface area (Å²) in [5.74, 6) is -0.202. The second kappa shape index (κ2) is 9.70. The molecule has 11 heteroatoms. The molecule has 0 radical (unpaired) electrons. The largest absolute Gasteiger partial charge is 0.417 e. The highest BCUT2D eigenvalue weighted by Crippen LogP contribution is 2.37. The maximum absolute atomic E-state index is 12.3. The summed E-state index contributed by atoms with van der Waals surface area (Å²) in [4.78, 5) is 15.8. The van der Waals surface area contributed by atoms with Gasteiger partial charge in [-0.15, -0.1) is 0 Å². The molecule has 4 atom stereocenters. The summed E-state index contributed by atoms with van der Waals surface area (Å²) in [5.41, 5.74) is 6.13. The number of nitrogens with zero attached hydrogens (tertiary/aromatic N) is 4. The Morgan fingerprint density at radius 2 is 2.12 bits per heavy atom. The number of primary amides is 1. The second-order valence-electron chi connectivity index (χ2n) is 8.73. The number of pyridine rings is 1. The van der Waals surface area contributed by atoms with Crippen LogP contribution < -0.4 is 21.1 Å². The van der Waals surface area contributed by atoms with Crippen molar-refractivity contribution in [1.82, 2.24) is 20.1 Å². The van der Waals surface area contributed by atoms with Crippen molar-refractivity contribution in [1.29, 1.82) is 5.26 Å². The molecule has 2 aliphatic rings.